The number of hydrogen-bond donors (Lipinski definition) is 2. The number of sulfonamides is 1. The van der Waals surface area contributed by atoms with E-state index in [1.165, 1.54) is 12.1 Å². The lowest BCUT2D eigenvalue weighted by Gasteiger charge is -2.09. The molecule has 0 saturated heterocycles. The van der Waals surface area contributed by atoms with Crippen molar-refractivity contribution in [2.24, 2.45) is 5.92 Å². The zero-order valence-corrected chi connectivity index (χ0v) is 13.4. The minimum Gasteiger partial charge on any atom is -0.449 e. The summed E-state index contributed by atoms with van der Waals surface area (Å²) in [7, 11) is -3.78. The van der Waals surface area contributed by atoms with Crippen LogP contribution in [0.3, 0.4) is 0 Å². The molecule has 7 heteroatoms. The first-order valence-electron chi connectivity index (χ1n) is 6.88. The molecular formula is C14H22N2O4S. The molecule has 0 aromatic heterocycles. The van der Waals surface area contributed by atoms with Gasteiger partial charge in [0, 0.05) is 0 Å². The van der Waals surface area contributed by atoms with Crippen LogP contribution < -0.4 is 10.3 Å². The zero-order valence-electron chi connectivity index (χ0n) is 12.5. The van der Waals surface area contributed by atoms with Crippen LogP contribution >= 0.6 is 0 Å². The third-order valence-electron chi connectivity index (χ3n) is 2.81. The number of hydrazine groups is 1. The molecule has 1 aromatic carbocycles. The Hall–Kier alpha value is -1.60. The Morgan fingerprint density at radius 1 is 1.24 bits per heavy atom. The van der Waals surface area contributed by atoms with Gasteiger partial charge in [-0.15, -0.1) is 4.83 Å². The SMILES string of the molecule is CCOC(=O)NNS(=O)(=O)c1ccc(CCC(C)C)cc1. The lowest BCUT2D eigenvalue weighted by Crippen LogP contribution is -2.41. The molecule has 1 amide bonds. The van der Waals surface area contributed by atoms with E-state index < -0.39 is 16.1 Å². The molecule has 0 aliphatic carbocycles. The summed E-state index contributed by atoms with van der Waals surface area (Å²) in [5.41, 5.74) is 3.06. The summed E-state index contributed by atoms with van der Waals surface area (Å²) >= 11 is 0. The van der Waals surface area contributed by atoms with Gasteiger partial charge in [0.05, 0.1) is 11.5 Å². The smallest absolute Gasteiger partial charge is 0.422 e. The molecule has 0 spiro atoms. The minimum absolute atomic E-state index is 0.0904. The van der Waals surface area contributed by atoms with Crippen molar-refractivity contribution in [2.45, 2.75) is 38.5 Å². The number of rotatable bonds is 7. The van der Waals surface area contributed by atoms with E-state index in [2.05, 4.69) is 18.6 Å². The summed E-state index contributed by atoms with van der Waals surface area (Å²) in [5.74, 6) is 0.601. The second-order valence-corrected chi connectivity index (χ2v) is 6.71. The number of nitrogens with one attached hydrogen (secondary N) is 2. The first-order chi connectivity index (χ1) is 9.85. The lowest BCUT2D eigenvalue weighted by atomic mass is 10.0. The fraction of sp³-hybridized carbons (Fsp3) is 0.500. The van der Waals surface area contributed by atoms with Gasteiger partial charge < -0.3 is 4.74 Å². The summed E-state index contributed by atoms with van der Waals surface area (Å²) in [4.78, 5) is 13.1. The molecule has 2 N–H and O–H groups in total. The normalized spacial score (nSPS) is 11.4. The van der Waals surface area contributed by atoms with E-state index >= 15 is 0 Å². The quantitative estimate of drug-likeness (QED) is 0.756. The van der Waals surface area contributed by atoms with Gasteiger partial charge in [0.1, 0.15) is 0 Å². The second-order valence-electron chi connectivity index (χ2n) is 5.03. The Kier molecular flexibility index (Phi) is 6.64. The van der Waals surface area contributed by atoms with Crippen molar-refractivity contribution in [3.63, 3.8) is 0 Å². The Morgan fingerprint density at radius 3 is 2.38 bits per heavy atom. The molecule has 0 aliphatic rings. The van der Waals surface area contributed by atoms with E-state index in [-0.39, 0.29) is 11.5 Å². The molecule has 0 bridgehead atoms. The van der Waals surface area contributed by atoms with Crippen LogP contribution in [0.1, 0.15) is 32.8 Å². The molecule has 0 fully saturated rings. The molecule has 0 radical (unpaired) electrons. The number of carbonyl (C=O) groups is 1. The monoisotopic (exact) mass is 314 g/mol. The fourth-order valence-electron chi connectivity index (χ4n) is 1.63. The Balaban J connectivity index is 2.64. The summed E-state index contributed by atoms with van der Waals surface area (Å²) in [5, 5.41) is 0. The molecular weight excluding hydrogens is 292 g/mol. The Bertz CT molecular complexity index is 553. The fourth-order valence-corrected chi connectivity index (χ4v) is 2.46. The highest BCUT2D eigenvalue weighted by molar-refractivity contribution is 7.89. The van der Waals surface area contributed by atoms with E-state index in [9.17, 15) is 13.2 Å². The minimum atomic E-state index is -3.78. The van der Waals surface area contributed by atoms with Crippen molar-refractivity contribution in [2.75, 3.05) is 6.61 Å². The van der Waals surface area contributed by atoms with Crippen LogP contribution in [-0.4, -0.2) is 21.1 Å². The highest BCUT2D eigenvalue weighted by Crippen LogP contribution is 2.13. The van der Waals surface area contributed by atoms with Gasteiger partial charge in [-0.2, -0.15) is 0 Å². The molecule has 1 rings (SSSR count). The molecule has 118 valence electrons. The van der Waals surface area contributed by atoms with Gasteiger partial charge in [0.25, 0.3) is 10.0 Å². The predicted molar refractivity (Wildman–Crippen MR) is 80.1 cm³/mol. The number of ether oxygens (including phenoxy) is 1. The largest absolute Gasteiger partial charge is 0.449 e. The van der Waals surface area contributed by atoms with Crippen LogP contribution in [-0.2, 0) is 21.2 Å². The number of hydrogen-bond acceptors (Lipinski definition) is 4. The number of carbonyl (C=O) groups excluding carboxylic acids is 1. The van der Waals surface area contributed by atoms with Gasteiger partial charge in [0.2, 0.25) is 0 Å². The molecule has 0 aliphatic heterocycles. The average molecular weight is 314 g/mol. The van der Waals surface area contributed by atoms with Crippen LogP contribution in [0.5, 0.6) is 0 Å². The Labute approximate surface area is 125 Å². The van der Waals surface area contributed by atoms with Crippen LogP contribution in [0.2, 0.25) is 0 Å². The molecule has 21 heavy (non-hydrogen) atoms. The van der Waals surface area contributed by atoms with Crippen LogP contribution in [0, 0.1) is 5.92 Å². The van der Waals surface area contributed by atoms with E-state index in [1.807, 2.05) is 10.3 Å². The van der Waals surface area contributed by atoms with Crippen molar-refractivity contribution in [3.8, 4) is 0 Å². The summed E-state index contributed by atoms with van der Waals surface area (Å²) in [6, 6.07) is 6.60. The van der Waals surface area contributed by atoms with Crippen LogP contribution in [0.25, 0.3) is 0 Å². The predicted octanol–water partition coefficient (Wildman–Crippen LogP) is 2.21. The second kappa shape index (κ2) is 7.99. The summed E-state index contributed by atoms with van der Waals surface area (Å²) in [6.45, 7) is 6.08. The van der Waals surface area contributed by atoms with E-state index in [1.54, 1.807) is 19.1 Å². The van der Waals surface area contributed by atoms with Gasteiger partial charge in [-0.25, -0.2) is 18.6 Å². The molecule has 0 saturated carbocycles. The molecule has 0 unspecified atom stereocenters. The topological polar surface area (TPSA) is 84.5 Å². The number of benzene rings is 1. The van der Waals surface area contributed by atoms with Gasteiger partial charge in [-0.3, -0.25) is 0 Å². The number of aryl methyl sites for hydroxylation is 1. The zero-order chi connectivity index (χ0) is 15.9. The van der Waals surface area contributed by atoms with Crippen molar-refractivity contribution in [1.82, 2.24) is 10.3 Å². The van der Waals surface area contributed by atoms with Crippen LogP contribution in [0.4, 0.5) is 4.79 Å². The first-order valence-corrected chi connectivity index (χ1v) is 8.37. The van der Waals surface area contributed by atoms with Gasteiger partial charge in [-0.1, -0.05) is 26.0 Å². The standard InChI is InChI=1S/C14H22N2O4S/c1-4-20-14(17)15-16-21(18,19)13-9-7-12(8-10-13)6-5-11(2)3/h7-11,16H,4-6H2,1-3H3,(H,15,17). The maximum atomic E-state index is 11.9. The van der Waals surface area contributed by atoms with Gasteiger partial charge >= 0.3 is 6.09 Å². The van der Waals surface area contributed by atoms with Gasteiger partial charge in [-0.05, 0) is 43.4 Å². The average Bonchev–Trinajstić information content (AvgIpc) is 2.44. The molecule has 0 atom stereocenters. The molecule has 6 nitrogen and oxygen atoms in total. The van der Waals surface area contributed by atoms with Crippen molar-refractivity contribution in [3.05, 3.63) is 29.8 Å². The van der Waals surface area contributed by atoms with Crippen LogP contribution in [0.15, 0.2) is 29.2 Å². The van der Waals surface area contributed by atoms with Crippen molar-refractivity contribution < 1.29 is 17.9 Å². The Morgan fingerprint density at radius 2 is 1.86 bits per heavy atom. The third kappa shape index (κ3) is 6.14. The van der Waals surface area contributed by atoms with Crippen molar-refractivity contribution in [1.29, 1.82) is 0 Å². The summed E-state index contributed by atoms with van der Waals surface area (Å²) in [6.07, 6.45) is 1.12. The third-order valence-corrected chi connectivity index (χ3v) is 4.07. The van der Waals surface area contributed by atoms with E-state index in [0.717, 1.165) is 18.4 Å². The molecule has 1 aromatic rings. The number of amides is 1. The van der Waals surface area contributed by atoms with E-state index in [0.29, 0.717) is 5.92 Å². The lowest BCUT2D eigenvalue weighted by molar-refractivity contribution is 0.150. The first kappa shape index (κ1) is 17.5. The van der Waals surface area contributed by atoms with E-state index in [4.69, 9.17) is 0 Å². The maximum absolute atomic E-state index is 11.9. The van der Waals surface area contributed by atoms with Gasteiger partial charge in [0.15, 0.2) is 0 Å². The highest BCUT2D eigenvalue weighted by atomic mass is 32.2. The van der Waals surface area contributed by atoms with Crippen molar-refractivity contribution >= 4 is 16.1 Å². The summed E-state index contributed by atoms with van der Waals surface area (Å²) < 4.78 is 28.4. The molecule has 0 heterocycles. The maximum Gasteiger partial charge on any atom is 0.422 e. The highest BCUT2D eigenvalue weighted by Gasteiger charge is 2.15.